The van der Waals surface area contributed by atoms with Gasteiger partial charge in [-0.15, -0.1) is 11.3 Å². The Bertz CT molecular complexity index is 565. The molecular formula is C14H15BrN2S. The molecule has 1 heterocycles. The van der Waals surface area contributed by atoms with Gasteiger partial charge in [-0.1, -0.05) is 28.1 Å². The zero-order valence-corrected chi connectivity index (χ0v) is 12.6. The maximum atomic E-state index is 4.85. The highest BCUT2D eigenvalue weighted by Crippen LogP contribution is 2.37. The van der Waals surface area contributed by atoms with Crippen molar-refractivity contribution in [2.24, 2.45) is 0 Å². The lowest BCUT2D eigenvalue weighted by Crippen LogP contribution is -2.21. The van der Waals surface area contributed by atoms with E-state index in [0.29, 0.717) is 6.04 Å². The number of hydrogen-bond acceptors (Lipinski definition) is 3. The third-order valence-electron chi connectivity index (χ3n) is 3.37. The number of aryl methyl sites for hydroxylation is 1. The second-order valence-electron chi connectivity index (χ2n) is 4.57. The average Bonchev–Trinajstić information content (AvgIpc) is 2.82. The predicted molar refractivity (Wildman–Crippen MR) is 80.0 cm³/mol. The number of hydrogen-bond donors (Lipinski definition) is 1. The summed E-state index contributed by atoms with van der Waals surface area (Å²) in [5.41, 5.74) is 2.47. The summed E-state index contributed by atoms with van der Waals surface area (Å²) >= 11 is 5.37. The molecule has 0 saturated heterocycles. The Hall–Kier alpha value is -0.710. The minimum absolute atomic E-state index is 0.436. The number of fused-ring (bicyclic) bond motifs is 1. The number of nitrogens with one attached hydrogen (secondary N) is 1. The third kappa shape index (κ3) is 2.25. The number of rotatable bonds is 2. The van der Waals surface area contributed by atoms with E-state index in [-0.39, 0.29) is 0 Å². The molecule has 0 spiro atoms. The van der Waals surface area contributed by atoms with Crippen LogP contribution in [0.25, 0.3) is 10.6 Å². The van der Waals surface area contributed by atoms with Gasteiger partial charge in [0.25, 0.3) is 0 Å². The van der Waals surface area contributed by atoms with Crippen LogP contribution in [-0.4, -0.2) is 12.0 Å². The molecule has 1 aliphatic rings. The molecule has 2 nitrogen and oxygen atoms in total. The van der Waals surface area contributed by atoms with Crippen LogP contribution >= 0.6 is 27.3 Å². The van der Waals surface area contributed by atoms with E-state index in [1.54, 1.807) is 0 Å². The monoisotopic (exact) mass is 322 g/mol. The van der Waals surface area contributed by atoms with Crippen LogP contribution in [0, 0.1) is 0 Å². The van der Waals surface area contributed by atoms with Crippen molar-refractivity contribution in [2.75, 3.05) is 7.05 Å². The second kappa shape index (κ2) is 5.11. The highest BCUT2D eigenvalue weighted by atomic mass is 79.9. The molecule has 0 bridgehead atoms. The zero-order valence-electron chi connectivity index (χ0n) is 10.2. The summed E-state index contributed by atoms with van der Waals surface area (Å²) in [5, 5.41) is 4.51. The lowest BCUT2D eigenvalue weighted by Gasteiger charge is -2.19. The van der Waals surface area contributed by atoms with E-state index in [9.17, 15) is 0 Å². The normalized spacial score (nSPS) is 18.7. The predicted octanol–water partition coefficient (Wildman–Crippen LogP) is 4.17. The molecule has 4 heteroatoms. The summed E-state index contributed by atoms with van der Waals surface area (Å²) in [7, 11) is 2.03. The van der Waals surface area contributed by atoms with E-state index in [4.69, 9.17) is 4.98 Å². The maximum Gasteiger partial charge on any atom is 0.123 e. The third-order valence-corrected chi connectivity index (χ3v) is 5.05. The molecule has 1 N–H and O–H groups in total. The van der Waals surface area contributed by atoms with Crippen molar-refractivity contribution in [3.8, 4) is 10.6 Å². The van der Waals surface area contributed by atoms with Crippen LogP contribution in [0.5, 0.6) is 0 Å². The highest BCUT2D eigenvalue weighted by molar-refractivity contribution is 9.10. The van der Waals surface area contributed by atoms with Gasteiger partial charge in [-0.3, -0.25) is 0 Å². The summed E-state index contributed by atoms with van der Waals surface area (Å²) in [6, 6.07) is 8.82. The van der Waals surface area contributed by atoms with E-state index in [1.165, 1.54) is 35.4 Å². The second-order valence-corrected chi connectivity index (χ2v) is 6.57. The van der Waals surface area contributed by atoms with Crippen LogP contribution < -0.4 is 5.32 Å². The molecule has 1 aromatic carbocycles. The fourth-order valence-corrected chi connectivity index (χ4v) is 4.00. The molecule has 1 atom stereocenters. The Balaban J connectivity index is 2.02. The smallest absolute Gasteiger partial charge is 0.123 e. The van der Waals surface area contributed by atoms with Gasteiger partial charge in [-0.2, -0.15) is 0 Å². The van der Waals surface area contributed by atoms with E-state index in [2.05, 4.69) is 39.4 Å². The fourth-order valence-electron chi connectivity index (χ4n) is 2.44. The molecule has 1 aromatic heterocycles. The highest BCUT2D eigenvalue weighted by Gasteiger charge is 2.23. The molecule has 2 aromatic rings. The Morgan fingerprint density at radius 3 is 3.11 bits per heavy atom. The number of aromatic nitrogens is 1. The number of thiazole rings is 1. The molecule has 18 heavy (non-hydrogen) atoms. The molecule has 0 fully saturated rings. The number of halogens is 1. The van der Waals surface area contributed by atoms with E-state index < -0.39 is 0 Å². The van der Waals surface area contributed by atoms with Crippen LogP contribution in [0.15, 0.2) is 28.7 Å². The lowest BCUT2D eigenvalue weighted by molar-refractivity contribution is 0.490. The van der Waals surface area contributed by atoms with Crippen LogP contribution in [0.2, 0.25) is 0 Å². The lowest BCUT2D eigenvalue weighted by atomic mass is 9.98. The van der Waals surface area contributed by atoms with Gasteiger partial charge in [0.1, 0.15) is 5.01 Å². The van der Waals surface area contributed by atoms with Crippen molar-refractivity contribution in [3.05, 3.63) is 39.3 Å². The van der Waals surface area contributed by atoms with Gasteiger partial charge in [-0.25, -0.2) is 4.98 Å². The molecular weight excluding hydrogens is 308 g/mol. The average molecular weight is 323 g/mol. The standard InChI is InChI=1S/C14H15BrN2S/c1-16-11-6-3-7-12-13(11)17-14(18-12)9-4-2-5-10(15)8-9/h2,4-5,8,11,16H,3,6-7H2,1H3. The summed E-state index contributed by atoms with van der Waals surface area (Å²) in [6.45, 7) is 0. The summed E-state index contributed by atoms with van der Waals surface area (Å²) in [4.78, 5) is 6.30. The molecule has 0 saturated carbocycles. The topological polar surface area (TPSA) is 24.9 Å². The molecule has 0 amide bonds. The van der Waals surface area contributed by atoms with Gasteiger partial charge < -0.3 is 5.32 Å². The molecule has 0 aliphatic heterocycles. The van der Waals surface area contributed by atoms with Crippen molar-refractivity contribution in [2.45, 2.75) is 25.3 Å². The van der Waals surface area contributed by atoms with Crippen molar-refractivity contribution in [1.29, 1.82) is 0 Å². The van der Waals surface area contributed by atoms with Crippen molar-refractivity contribution in [1.82, 2.24) is 10.3 Å². The van der Waals surface area contributed by atoms with Crippen molar-refractivity contribution < 1.29 is 0 Å². The van der Waals surface area contributed by atoms with Crippen molar-refractivity contribution in [3.63, 3.8) is 0 Å². The van der Waals surface area contributed by atoms with Gasteiger partial charge in [0, 0.05) is 14.9 Å². The SMILES string of the molecule is CNC1CCCc2sc(-c3cccc(Br)c3)nc21. The van der Waals surface area contributed by atoms with Gasteiger partial charge in [0.05, 0.1) is 11.7 Å². The fraction of sp³-hybridized carbons (Fsp3) is 0.357. The Kier molecular flexibility index (Phi) is 3.50. The first-order chi connectivity index (χ1) is 8.78. The molecule has 0 radical (unpaired) electrons. The number of nitrogens with zero attached hydrogens (tertiary/aromatic N) is 1. The first-order valence-electron chi connectivity index (χ1n) is 6.20. The Morgan fingerprint density at radius 2 is 2.33 bits per heavy atom. The minimum atomic E-state index is 0.436. The largest absolute Gasteiger partial charge is 0.312 e. The van der Waals surface area contributed by atoms with Crippen LogP contribution in [0.1, 0.15) is 29.5 Å². The Labute approximate surface area is 120 Å². The van der Waals surface area contributed by atoms with Gasteiger partial charge in [-0.05, 0) is 38.4 Å². The summed E-state index contributed by atoms with van der Waals surface area (Å²) in [6.07, 6.45) is 3.64. The molecule has 3 rings (SSSR count). The van der Waals surface area contributed by atoms with Crippen LogP contribution in [0.3, 0.4) is 0 Å². The zero-order chi connectivity index (χ0) is 12.5. The van der Waals surface area contributed by atoms with Crippen LogP contribution in [0.4, 0.5) is 0 Å². The Morgan fingerprint density at radius 1 is 1.44 bits per heavy atom. The van der Waals surface area contributed by atoms with Crippen LogP contribution in [-0.2, 0) is 6.42 Å². The molecule has 1 aliphatic carbocycles. The molecule has 1 unspecified atom stereocenters. The van der Waals surface area contributed by atoms with Gasteiger partial charge in [0.2, 0.25) is 0 Å². The van der Waals surface area contributed by atoms with Gasteiger partial charge in [0.15, 0.2) is 0 Å². The summed E-state index contributed by atoms with van der Waals surface area (Å²) in [5.74, 6) is 0. The van der Waals surface area contributed by atoms with Crippen molar-refractivity contribution >= 4 is 27.3 Å². The first kappa shape index (κ1) is 12.3. The first-order valence-corrected chi connectivity index (χ1v) is 7.81. The van der Waals surface area contributed by atoms with E-state index in [1.807, 2.05) is 24.5 Å². The quantitative estimate of drug-likeness (QED) is 0.897. The molecule has 94 valence electrons. The van der Waals surface area contributed by atoms with Gasteiger partial charge >= 0.3 is 0 Å². The maximum absolute atomic E-state index is 4.85. The number of benzene rings is 1. The summed E-state index contributed by atoms with van der Waals surface area (Å²) < 4.78 is 1.11. The van der Waals surface area contributed by atoms with E-state index in [0.717, 1.165) is 9.48 Å². The van der Waals surface area contributed by atoms with E-state index >= 15 is 0 Å². The minimum Gasteiger partial charge on any atom is -0.312 e.